The van der Waals surface area contributed by atoms with Crippen molar-refractivity contribution >= 4 is 34.7 Å². The molecule has 1 unspecified atom stereocenters. The number of rotatable bonds is 4. The van der Waals surface area contributed by atoms with Crippen molar-refractivity contribution in [3.05, 3.63) is 119 Å². The van der Waals surface area contributed by atoms with Crippen LogP contribution in [0, 0.1) is 0 Å². The Balaban J connectivity index is 1.62. The van der Waals surface area contributed by atoms with Gasteiger partial charge in [0.25, 0.3) is 5.56 Å². The van der Waals surface area contributed by atoms with E-state index in [-0.39, 0.29) is 11.6 Å². The Bertz CT molecular complexity index is 1700. The first kappa shape index (κ1) is 22.8. The fourth-order valence-corrected chi connectivity index (χ4v) is 6.18. The first-order valence-electron chi connectivity index (χ1n) is 11.7. The maximum atomic E-state index is 13.8. The van der Waals surface area contributed by atoms with E-state index in [9.17, 15) is 4.79 Å². The number of halogens is 1. The molecule has 1 aliphatic heterocycles. The average Bonchev–Trinajstić information content (AvgIpc) is 3.22. The lowest BCUT2D eigenvalue weighted by molar-refractivity contribution is 0.354. The number of fused-ring (bicyclic) bond motifs is 3. The zero-order valence-corrected chi connectivity index (χ0v) is 21.4. The summed E-state index contributed by atoms with van der Waals surface area (Å²) in [6, 6.07) is 21.5. The highest BCUT2D eigenvalue weighted by Gasteiger charge is 2.33. The van der Waals surface area contributed by atoms with E-state index in [1.807, 2.05) is 59.2 Å². The van der Waals surface area contributed by atoms with Gasteiger partial charge in [0.15, 0.2) is 16.3 Å². The van der Waals surface area contributed by atoms with Gasteiger partial charge in [0, 0.05) is 10.6 Å². The van der Waals surface area contributed by atoms with Crippen LogP contribution in [0.3, 0.4) is 0 Å². The van der Waals surface area contributed by atoms with Crippen LogP contribution in [-0.4, -0.2) is 18.8 Å². The Morgan fingerprint density at radius 2 is 1.78 bits per heavy atom. The van der Waals surface area contributed by atoms with Gasteiger partial charge in [0.05, 0.1) is 30.5 Å². The van der Waals surface area contributed by atoms with E-state index in [2.05, 4.69) is 18.2 Å². The van der Waals surface area contributed by atoms with Gasteiger partial charge < -0.3 is 9.47 Å². The number of aryl methyl sites for hydroxylation is 1. The maximum Gasteiger partial charge on any atom is 0.271 e. The van der Waals surface area contributed by atoms with E-state index in [1.165, 1.54) is 16.9 Å². The Kier molecular flexibility index (Phi) is 5.78. The minimum absolute atomic E-state index is 0.0566. The molecule has 6 rings (SSSR count). The number of methoxy groups -OCH3 is 2. The predicted octanol–water partition coefficient (Wildman–Crippen LogP) is 4.99. The summed E-state index contributed by atoms with van der Waals surface area (Å²) in [5.41, 5.74) is 6.36. The monoisotopic (exact) mass is 514 g/mol. The summed E-state index contributed by atoms with van der Waals surface area (Å²) < 4.78 is 13.5. The smallest absolute Gasteiger partial charge is 0.271 e. The Labute approximate surface area is 217 Å². The van der Waals surface area contributed by atoms with Crippen LogP contribution in [0.15, 0.2) is 82.1 Å². The highest BCUT2D eigenvalue weighted by molar-refractivity contribution is 7.07. The second kappa shape index (κ2) is 9.12. The second-order valence-electron chi connectivity index (χ2n) is 8.78. The number of ether oxygens (including phenoxy) is 2. The van der Waals surface area contributed by atoms with Gasteiger partial charge in [-0.3, -0.25) is 9.36 Å². The SMILES string of the molecule is COc1ccc(C2C3=C(N=c4sc(=Cc5ccc(Cl)cc5)c(=O)n42)c2ccccc2CC3)cc1OC. The summed E-state index contributed by atoms with van der Waals surface area (Å²) in [6.07, 6.45) is 3.64. The lowest BCUT2D eigenvalue weighted by Gasteiger charge is -2.31. The van der Waals surface area contributed by atoms with Crippen molar-refractivity contribution < 1.29 is 9.47 Å². The van der Waals surface area contributed by atoms with Crippen LogP contribution in [0.4, 0.5) is 0 Å². The molecule has 0 fully saturated rings. The minimum Gasteiger partial charge on any atom is -0.493 e. The van der Waals surface area contributed by atoms with Crippen LogP contribution in [0.2, 0.25) is 5.02 Å². The summed E-state index contributed by atoms with van der Waals surface area (Å²) in [5, 5.41) is 0.661. The Hall–Kier alpha value is -3.61. The largest absolute Gasteiger partial charge is 0.493 e. The third-order valence-corrected chi connectivity index (χ3v) is 8.00. The molecule has 0 spiro atoms. The van der Waals surface area contributed by atoms with E-state index < -0.39 is 0 Å². The van der Waals surface area contributed by atoms with Gasteiger partial charge in [-0.15, -0.1) is 0 Å². The molecule has 0 saturated carbocycles. The van der Waals surface area contributed by atoms with Crippen molar-refractivity contribution in [2.24, 2.45) is 4.99 Å². The normalized spacial score (nSPS) is 16.6. The molecule has 0 N–H and O–H groups in total. The van der Waals surface area contributed by atoms with Crippen LogP contribution in [0.25, 0.3) is 11.8 Å². The van der Waals surface area contributed by atoms with Crippen LogP contribution in [0.5, 0.6) is 11.5 Å². The van der Waals surface area contributed by atoms with Gasteiger partial charge >= 0.3 is 0 Å². The number of thiazole rings is 1. The van der Waals surface area contributed by atoms with Crippen molar-refractivity contribution in [1.29, 1.82) is 0 Å². The summed E-state index contributed by atoms with van der Waals surface area (Å²) in [4.78, 5) is 19.6. The van der Waals surface area contributed by atoms with Crippen LogP contribution in [0.1, 0.15) is 34.7 Å². The summed E-state index contributed by atoms with van der Waals surface area (Å²) in [6.45, 7) is 0. The maximum absolute atomic E-state index is 13.8. The molecule has 36 heavy (non-hydrogen) atoms. The number of aromatic nitrogens is 1. The molecular formula is C29H23ClN2O3S. The van der Waals surface area contributed by atoms with Gasteiger partial charge in [-0.25, -0.2) is 4.99 Å². The molecule has 1 atom stereocenters. The Morgan fingerprint density at radius 1 is 1.00 bits per heavy atom. The predicted molar refractivity (Wildman–Crippen MR) is 144 cm³/mol. The van der Waals surface area contributed by atoms with Crippen molar-refractivity contribution in [2.75, 3.05) is 14.2 Å². The first-order valence-corrected chi connectivity index (χ1v) is 12.9. The quantitative estimate of drug-likeness (QED) is 0.385. The first-order chi connectivity index (χ1) is 17.6. The molecule has 0 saturated heterocycles. The molecule has 7 heteroatoms. The van der Waals surface area contributed by atoms with Gasteiger partial charge in [0.2, 0.25) is 0 Å². The number of benzene rings is 3. The molecule has 1 aliphatic carbocycles. The van der Waals surface area contributed by atoms with Gasteiger partial charge in [-0.1, -0.05) is 65.4 Å². The third kappa shape index (κ3) is 3.77. The van der Waals surface area contributed by atoms with E-state index in [4.69, 9.17) is 26.1 Å². The molecule has 180 valence electrons. The van der Waals surface area contributed by atoms with E-state index >= 15 is 0 Å². The van der Waals surface area contributed by atoms with E-state index in [0.717, 1.165) is 40.8 Å². The van der Waals surface area contributed by atoms with Gasteiger partial charge in [-0.2, -0.15) is 0 Å². The molecule has 3 aromatic carbocycles. The number of allylic oxidation sites excluding steroid dienone is 1. The number of hydrogen-bond donors (Lipinski definition) is 0. The molecule has 5 nitrogen and oxygen atoms in total. The molecular weight excluding hydrogens is 492 g/mol. The van der Waals surface area contributed by atoms with Crippen LogP contribution in [-0.2, 0) is 6.42 Å². The number of nitrogens with zero attached hydrogens (tertiary/aromatic N) is 2. The van der Waals surface area contributed by atoms with Crippen LogP contribution < -0.4 is 24.4 Å². The topological polar surface area (TPSA) is 52.8 Å². The van der Waals surface area contributed by atoms with Crippen LogP contribution >= 0.6 is 22.9 Å². The Morgan fingerprint density at radius 3 is 2.56 bits per heavy atom. The van der Waals surface area contributed by atoms with Gasteiger partial charge in [0.1, 0.15) is 0 Å². The summed E-state index contributed by atoms with van der Waals surface area (Å²) in [5.74, 6) is 1.29. The molecule has 0 bridgehead atoms. The standard InChI is InChI=1S/C29H23ClN2O3S/c1-34-23-14-10-19(16-24(23)35-2)27-22-13-9-18-5-3-4-6-21(18)26(22)31-29-32(27)28(33)25(36-29)15-17-7-11-20(30)12-8-17/h3-8,10-12,14-16,27H,9,13H2,1-2H3. The summed E-state index contributed by atoms with van der Waals surface area (Å²) in [7, 11) is 3.25. The third-order valence-electron chi connectivity index (χ3n) is 6.76. The van der Waals surface area contributed by atoms with Crippen molar-refractivity contribution in [1.82, 2.24) is 4.57 Å². The lowest BCUT2D eigenvalue weighted by atomic mass is 9.83. The van der Waals surface area contributed by atoms with E-state index in [1.54, 1.807) is 14.2 Å². The van der Waals surface area contributed by atoms with E-state index in [0.29, 0.717) is 25.9 Å². The molecule has 1 aromatic heterocycles. The minimum atomic E-state index is -0.281. The molecule has 2 heterocycles. The highest BCUT2D eigenvalue weighted by Crippen LogP contribution is 2.42. The molecule has 0 radical (unpaired) electrons. The molecule has 4 aromatic rings. The van der Waals surface area contributed by atoms with Crippen molar-refractivity contribution in [3.63, 3.8) is 0 Å². The lowest BCUT2D eigenvalue weighted by Crippen LogP contribution is -2.38. The molecule has 0 amide bonds. The van der Waals surface area contributed by atoms with Crippen molar-refractivity contribution in [3.8, 4) is 11.5 Å². The molecule has 2 aliphatic rings. The van der Waals surface area contributed by atoms with Gasteiger partial charge in [-0.05, 0) is 65.4 Å². The summed E-state index contributed by atoms with van der Waals surface area (Å²) >= 11 is 7.47. The zero-order chi connectivity index (χ0) is 24.8. The van der Waals surface area contributed by atoms with Crippen molar-refractivity contribution in [2.45, 2.75) is 18.9 Å². The highest BCUT2D eigenvalue weighted by atomic mass is 35.5. The fraction of sp³-hybridized carbons (Fsp3) is 0.172. The average molecular weight is 515 g/mol. The fourth-order valence-electron chi connectivity index (χ4n) is 5.06. The second-order valence-corrected chi connectivity index (χ2v) is 10.2. The zero-order valence-electron chi connectivity index (χ0n) is 19.8. The number of hydrogen-bond acceptors (Lipinski definition) is 5.